The lowest BCUT2D eigenvalue weighted by Gasteiger charge is -2.14. The SMILES string of the molecule is O=C1O[C@@H]([C@H](O)CO)C(O)=C1Nc1cnc(S(=O)(=O)c2ccc(NC3=C(O)[C@@H]([C@H](O)CO)OC3=O)cc2)s1. The lowest BCUT2D eigenvalue weighted by Crippen LogP contribution is -2.31. The number of aromatic nitrogens is 1. The highest BCUT2D eigenvalue weighted by atomic mass is 32.2. The van der Waals surface area contributed by atoms with Gasteiger partial charge >= 0.3 is 11.9 Å². The van der Waals surface area contributed by atoms with Gasteiger partial charge in [-0.15, -0.1) is 0 Å². The zero-order valence-electron chi connectivity index (χ0n) is 19.0. The number of esters is 2. The third-order valence-corrected chi connectivity index (χ3v) is 8.47. The van der Waals surface area contributed by atoms with Gasteiger partial charge in [-0.1, -0.05) is 11.3 Å². The second-order valence-electron chi connectivity index (χ2n) is 7.94. The van der Waals surface area contributed by atoms with Crippen molar-refractivity contribution in [3.05, 3.63) is 53.4 Å². The van der Waals surface area contributed by atoms with Crippen LogP contribution in [0.2, 0.25) is 0 Å². The number of hydrogen-bond donors (Lipinski definition) is 8. The Bertz CT molecular complexity index is 1420. The van der Waals surface area contributed by atoms with Crippen LogP contribution in [0.15, 0.2) is 62.6 Å². The van der Waals surface area contributed by atoms with E-state index >= 15 is 0 Å². The highest BCUT2D eigenvalue weighted by Crippen LogP contribution is 2.32. The summed E-state index contributed by atoms with van der Waals surface area (Å²) in [5, 5.41) is 62.7. The van der Waals surface area contributed by atoms with Crippen LogP contribution in [0.4, 0.5) is 10.7 Å². The molecular formula is C21H21N3O12S2. The third-order valence-electron chi connectivity index (χ3n) is 5.40. The summed E-state index contributed by atoms with van der Waals surface area (Å²) in [6.45, 7) is -1.53. The predicted molar refractivity (Wildman–Crippen MR) is 127 cm³/mol. The van der Waals surface area contributed by atoms with E-state index in [2.05, 4.69) is 15.6 Å². The molecule has 17 heteroatoms. The molecule has 38 heavy (non-hydrogen) atoms. The molecule has 4 atom stereocenters. The molecule has 0 fully saturated rings. The van der Waals surface area contributed by atoms with Gasteiger partial charge in [-0.3, -0.25) is 0 Å². The molecule has 4 rings (SSSR count). The minimum Gasteiger partial charge on any atom is -0.506 e. The molecule has 15 nitrogen and oxygen atoms in total. The number of carbonyl (C=O) groups excluding carboxylic acids is 2. The highest BCUT2D eigenvalue weighted by Gasteiger charge is 2.40. The fraction of sp³-hybridized carbons (Fsp3) is 0.286. The Balaban J connectivity index is 1.49. The molecule has 0 spiro atoms. The molecule has 2 aliphatic rings. The first-order valence-corrected chi connectivity index (χ1v) is 13.0. The van der Waals surface area contributed by atoms with E-state index < -0.39 is 76.6 Å². The van der Waals surface area contributed by atoms with Crippen LogP contribution in [-0.4, -0.2) is 93.6 Å². The van der Waals surface area contributed by atoms with Crippen molar-refractivity contribution >= 4 is 43.8 Å². The van der Waals surface area contributed by atoms with Crippen LogP contribution >= 0.6 is 11.3 Å². The maximum atomic E-state index is 13.0. The molecule has 204 valence electrons. The van der Waals surface area contributed by atoms with E-state index in [-0.39, 0.29) is 25.6 Å². The number of aliphatic hydroxyl groups is 6. The number of cyclic esters (lactones) is 2. The standard InChI is InChI=1S/C21H21N3O12S2/c25-6-10(27)17-15(29)13(19(31)35-17)23-8-1-3-9(4-2-8)38(33,34)21-22-5-12(37-21)24-14-16(30)18(11(28)7-26)36-20(14)32/h1-5,10-11,17-18,23-30H,6-7H2/t10-,11-,17-,18+/m1/s1. The monoisotopic (exact) mass is 571 g/mol. The largest absolute Gasteiger partial charge is 0.506 e. The summed E-state index contributed by atoms with van der Waals surface area (Å²) < 4.78 is 35.3. The predicted octanol–water partition coefficient (Wildman–Crippen LogP) is -1.10. The number of rotatable bonds is 10. The number of hydrogen-bond acceptors (Lipinski definition) is 16. The lowest BCUT2D eigenvalue weighted by atomic mass is 10.1. The van der Waals surface area contributed by atoms with Crippen LogP contribution in [0.5, 0.6) is 0 Å². The second-order valence-corrected chi connectivity index (χ2v) is 11.1. The van der Waals surface area contributed by atoms with Crippen LogP contribution in [0.1, 0.15) is 0 Å². The van der Waals surface area contributed by atoms with Crippen molar-refractivity contribution in [3.63, 3.8) is 0 Å². The van der Waals surface area contributed by atoms with Crippen LogP contribution < -0.4 is 10.6 Å². The van der Waals surface area contributed by atoms with Gasteiger partial charge in [0.1, 0.15) is 17.2 Å². The number of thiazole rings is 1. The lowest BCUT2D eigenvalue weighted by molar-refractivity contribution is -0.146. The maximum Gasteiger partial charge on any atom is 0.359 e. The van der Waals surface area contributed by atoms with E-state index in [0.717, 1.165) is 6.20 Å². The molecular weight excluding hydrogens is 550 g/mol. The number of nitrogens with zero attached hydrogens (tertiary/aromatic N) is 1. The van der Waals surface area contributed by atoms with Crippen molar-refractivity contribution in [1.82, 2.24) is 4.98 Å². The summed E-state index contributed by atoms with van der Waals surface area (Å²) >= 11 is 0.640. The van der Waals surface area contributed by atoms with Gasteiger partial charge in [0.2, 0.25) is 14.2 Å². The summed E-state index contributed by atoms with van der Waals surface area (Å²) in [6.07, 6.45) is -4.91. The molecule has 0 saturated carbocycles. The fourth-order valence-corrected chi connectivity index (χ4v) is 5.86. The molecule has 0 saturated heterocycles. The number of ether oxygens (including phenoxy) is 2. The zero-order valence-corrected chi connectivity index (χ0v) is 20.6. The average Bonchev–Trinajstić information content (AvgIpc) is 3.57. The Morgan fingerprint density at radius 1 is 0.895 bits per heavy atom. The van der Waals surface area contributed by atoms with Crippen molar-refractivity contribution in [2.24, 2.45) is 0 Å². The zero-order chi connectivity index (χ0) is 27.8. The summed E-state index contributed by atoms with van der Waals surface area (Å²) in [6, 6.07) is 5.00. The first kappa shape index (κ1) is 27.3. The molecule has 2 aliphatic heterocycles. The Hall–Kier alpha value is -3.74. The Morgan fingerprint density at radius 2 is 1.39 bits per heavy atom. The smallest absolute Gasteiger partial charge is 0.359 e. The summed E-state index contributed by atoms with van der Waals surface area (Å²) in [4.78, 5) is 27.7. The molecule has 1 aromatic heterocycles. The number of aliphatic hydroxyl groups excluding tert-OH is 6. The molecule has 0 bridgehead atoms. The van der Waals surface area contributed by atoms with Gasteiger partial charge in [0.05, 0.1) is 24.3 Å². The van der Waals surface area contributed by atoms with Crippen LogP contribution in [0.25, 0.3) is 0 Å². The first-order chi connectivity index (χ1) is 18.0. The quantitative estimate of drug-likeness (QED) is 0.158. The molecule has 1 aromatic carbocycles. The van der Waals surface area contributed by atoms with Crippen molar-refractivity contribution in [1.29, 1.82) is 0 Å². The van der Waals surface area contributed by atoms with Gasteiger partial charge < -0.3 is 50.7 Å². The first-order valence-electron chi connectivity index (χ1n) is 10.7. The van der Waals surface area contributed by atoms with Crippen molar-refractivity contribution < 1.29 is 58.1 Å². The number of anilines is 2. The molecule has 0 aliphatic carbocycles. The normalized spacial score (nSPS) is 21.4. The topological polar surface area (TPSA) is 245 Å². The van der Waals surface area contributed by atoms with Crippen LogP contribution in [0, 0.1) is 0 Å². The molecule has 2 aromatic rings. The summed E-state index contributed by atoms with van der Waals surface area (Å²) in [7, 11) is -4.14. The Labute approximate surface area is 217 Å². The average molecular weight is 572 g/mol. The summed E-state index contributed by atoms with van der Waals surface area (Å²) in [5.74, 6) is -3.29. The minimum atomic E-state index is -4.14. The molecule has 0 unspecified atom stereocenters. The number of carbonyl (C=O) groups is 2. The molecule has 0 radical (unpaired) electrons. The van der Waals surface area contributed by atoms with Gasteiger partial charge in [0.25, 0.3) is 0 Å². The molecule has 0 amide bonds. The van der Waals surface area contributed by atoms with E-state index in [1.54, 1.807) is 0 Å². The highest BCUT2D eigenvalue weighted by molar-refractivity contribution is 7.93. The minimum absolute atomic E-state index is 0.0567. The molecule has 8 N–H and O–H groups in total. The van der Waals surface area contributed by atoms with Crippen molar-refractivity contribution in [3.8, 4) is 0 Å². The van der Waals surface area contributed by atoms with Crippen LogP contribution in [0.3, 0.4) is 0 Å². The van der Waals surface area contributed by atoms with Gasteiger partial charge in [0, 0.05) is 5.69 Å². The molecule has 3 heterocycles. The fourth-order valence-electron chi connectivity index (χ4n) is 3.42. The Kier molecular flexibility index (Phi) is 7.58. The van der Waals surface area contributed by atoms with E-state index in [1.165, 1.54) is 24.3 Å². The maximum absolute atomic E-state index is 13.0. The van der Waals surface area contributed by atoms with E-state index in [0.29, 0.717) is 11.3 Å². The van der Waals surface area contributed by atoms with E-state index in [4.69, 9.17) is 19.7 Å². The van der Waals surface area contributed by atoms with Gasteiger partial charge in [0.15, 0.2) is 35.1 Å². The number of sulfone groups is 1. The number of nitrogens with one attached hydrogen (secondary N) is 2. The van der Waals surface area contributed by atoms with Crippen molar-refractivity contribution in [2.45, 2.75) is 33.7 Å². The van der Waals surface area contributed by atoms with Gasteiger partial charge in [-0.05, 0) is 24.3 Å². The van der Waals surface area contributed by atoms with Crippen molar-refractivity contribution in [2.75, 3.05) is 23.8 Å². The van der Waals surface area contributed by atoms with Gasteiger partial charge in [-0.2, -0.15) is 0 Å². The second kappa shape index (κ2) is 10.6. The summed E-state index contributed by atoms with van der Waals surface area (Å²) in [5.41, 5.74) is -0.627. The van der Waals surface area contributed by atoms with Gasteiger partial charge in [-0.25, -0.2) is 23.0 Å². The van der Waals surface area contributed by atoms with Crippen LogP contribution in [-0.2, 0) is 28.9 Å². The van der Waals surface area contributed by atoms with E-state index in [9.17, 15) is 38.4 Å². The number of benzene rings is 1. The van der Waals surface area contributed by atoms with E-state index in [1.807, 2.05) is 0 Å². The third kappa shape index (κ3) is 5.02. The Morgan fingerprint density at radius 3 is 1.89 bits per heavy atom.